The second kappa shape index (κ2) is 6.91. The van der Waals surface area contributed by atoms with Crippen LogP contribution in [0, 0.1) is 0 Å². The molecule has 0 unspecified atom stereocenters. The summed E-state index contributed by atoms with van der Waals surface area (Å²) in [5.41, 5.74) is 1.59. The van der Waals surface area contributed by atoms with Gasteiger partial charge in [0, 0.05) is 24.7 Å². The summed E-state index contributed by atoms with van der Waals surface area (Å²) in [5.74, 6) is 1.63. The van der Waals surface area contributed by atoms with Gasteiger partial charge in [0.15, 0.2) is 5.65 Å². The van der Waals surface area contributed by atoms with Gasteiger partial charge in [-0.15, -0.1) is 10.2 Å². The minimum Gasteiger partial charge on any atom is -0.497 e. The van der Waals surface area contributed by atoms with Crippen molar-refractivity contribution in [1.82, 2.24) is 14.6 Å². The Labute approximate surface area is 134 Å². The second-order valence-electron chi connectivity index (χ2n) is 5.18. The third kappa shape index (κ3) is 3.66. The molecule has 0 atom stereocenters. The summed E-state index contributed by atoms with van der Waals surface area (Å²) in [6.45, 7) is 0. The molecule has 3 aromatic rings. The van der Waals surface area contributed by atoms with Crippen LogP contribution in [-0.2, 0) is 11.2 Å². The van der Waals surface area contributed by atoms with Crippen molar-refractivity contribution in [2.24, 2.45) is 0 Å². The second-order valence-corrected chi connectivity index (χ2v) is 5.18. The molecule has 1 aromatic carbocycles. The average Bonchev–Trinajstić information content (AvgIpc) is 2.99. The molecule has 0 saturated heterocycles. The summed E-state index contributed by atoms with van der Waals surface area (Å²) in [7, 11) is 1.61. The Balaban J connectivity index is 1.51. The number of nitrogens with zero attached hydrogens (tertiary/aromatic N) is 3. The molecule has 6 heteroatoms. The summed E-state index contributed by atoms with van der Waals surface area (Å²) in [4.78, 5) is 12.0. The molecule has 6 nitrogen and oxygen atoms in total. The van der Waals surface area contributed by atoms with Gasteiger partial charge < -0.3 is 10.1 Å². The zero-order chi connectivity index (χ0) is 16.1. The molecule has 0 fully saturated rings. The van der Waals surface area contributed by atoms with Crippen LogP contribution in [0.3, 0.4) is 0 Å². The van der Waals surface area contributed by atoms with Crippen molar-refractivity contribution in [3.05, 3.63) is 54.5 Å². The Bertz CT molecular complexity index is 796. The van der Waals surface area contributed by atoms with Crippen LogP contribution in [-0.4, -0.2) is 27.6 Å². The Hall–Kier alpha value is -2.89. The number of nitrogens with one attached hydrogen (secondary N) is 1. The first-order chi connectivity index (χ1) is 11.3. The van der Waals surface area contributed by atoms with E-state index in [9.17, 15) is 4.79 Å². The standard InChI is InChI=1S/C17H18N4O2/c1-23-14-10-8-13(9-11-14)18-17(22)7-4-6-16-20-19-15-5-2-3-12-21(15)16/h2-3,5,8-12H,4,6-7H2,1H3,(H,18,22). The molecule has 0 saturated carbocycles. The number of amides is 1. The molecule has 23 heavy (non-hydrogen) atoms. The van der Waals surface area contributed by atoms with E-state index in [4.69, 9.17) is 4.74 Å². The van der Waals surface area contributed by atoms with Gasteiger partial charge in [-0.05, 0) is 42.8 Å². The van der Waals surface area contributed by atoms with Crippen molar-refractivity contribution >= 4 is 17.2 Å². The molecule has 0 aliphatic rings. The highest BCUT2D eigenvalue weighted by Gasteiger charge is 2.07. The fraction of sp³-hybridized carbons (Fsp3) is 0.235. The van der Waals surface area contributed by atoms with Crippen molar-refractivity contribution in [1.29, 1.82) is 0 Å². The van der Waals surface area contributed by atoms with Crippen LogP contribution in [0.5, 0.6) is 5.75 Å². The number of carbonyl (C=O) groups is 1. The molecule has 0 bridgehead atoms. The zero-order valence-electron chi connectivity index (χ0n) is 12.9. The molecule has 118 valence electrons. The maximum absolute atomic E-state index is 12.0. The molecule has 1 N–H and O–H groups in total. The Morgan fingerprint density at radius 1 is 1.17 bits per heavy atom. The lowest BCUT2D eigenvalue weighted by molar-refractivity contribution is -0.116. The summed E-state index contributed by atoms with van der Waals surface area (Å²) in [6.07, 6.45) is 3.80. The van der Waals surface area contributed by atoms with Gasteiger partial charge in [-0.2, -0.15) is 0 Å². The maximum Gasteiger partial charge on any atom is 0.224 e. The van der Waals surface area contributed by atoms with E-state index in [-0.39, 0.29) is 5.91 Å². The van der Waals surface area contributed by atoms with Gasteiger partial charge in [0.1, 0.15) is 11.6 Å². The molecule has 0 aliphatic heterocycles. The van der Waals surface area contributed by atoms with E-state index in [1.54, 1.807) is 7.11 Å². The number of aryl methyl sites for hydroxylation is 1. The van der Waals surface area contributed by atoms with Crippen LogP contribution >= 0.6 is 0 Å². The van der Waals surface area contributed by atoms with Crippen molar-refractivity contribution < 1.29 is 9.53 Å². The number of ether oxygens (including phenoxy) is 1. The first-order valence-electron chi connectivity index (χ1n) is 7.49. The molecule has 1 amide bonds. The molecular formula is C17H18N4O2. The summed E-state index contributed by atoms with van der Waals surface area (Å²) < 4.78 is 7.03. The predicted molar refractivity (Wildman–Crippen MR) is 87.5 cm³/mol. The van der Waals surface area contributed by atoms with Gasteiger partial charge in [0.25, 0.3) is 0 Å². The number of fused-ring (bicyclic) bond motifs is 1. The number of carbonyl (C=O) groups excluding carboxylic acids is 1. The van der Waals surface area contributed by atoms with E-state index in [0.29, 0.717) is 12.8 Å². The quantitative estimate of drug-likeness (QED) is 0.760. The van der Waals surface area contributed by atoms with Gasteiger partial charge in [0.05, 0.1) is 7.11 Å². The van der Waals surface area contributed by atoms with E-state index in [0.717, 1.165) is 29.3 Å². The largest absolute Gasteiger partial charge is 0.497 e. The molecule has 3 rings (SSSR count). The topological polar surface area (TPSA) is 68.5 Å². The number of pyridine rings is 1. The van der Waals surface area contributed by atoms with Crippen LogP contribution in [0.2, 0.25) is 0 Å². The van der Waals surface area contributed by atoms with E-state index in [2.05, 4.69) is 15.5 Å². The van der Waals surface area contributed by atoms with Crippen LogP contribution in [0.15, 0.2) is 48.7 Å². The SMILES string of the molecule is COc1ccc(NC(=O)CCCc2nnc3ccccn23)cc1. The highest BCUT2D eigenvalue weighted by Crippen LogP contribution is 2.15. The summed E-state index contributed by atoms with van der Waals surface area (Å²) in [6, 6.07) is 13.1. The van der Waals surface area contributed by atoms with E-state index in [1.807, 2.05) is 53.1 Å². The van der Waals surface area contributed by atoms with E-state index >= 15 is 0 Å². The fourth-order valence-electron chi connectivity index (χ4n) is 2.37. The van der Waals surface area contributed by atoms with E-state index < -0.39 is 0 Å². The highest BCUT2D eigenvalue weighted by molar-refractivity contribution is 5.90. The Morgan fingerprint density at radius 2 is 2.00 bits per heavy atom. The Kier molecular flexibility index (Phi) is 4.52. The highest BCUT2D eigenvalue weighted by atomic mass is 16.5. The summed E-state index contributed by atoms with van der Waals surface area (Å²) in [5, 5.41) is 11.1. The minimum absolute atomic E-state index is 0.0102. The third-order valence-electron chi connectivity index (χ3n) is 3.56. The van der Waals surface area contributed by atoms with E-state index in [1.165, 1.54) is 0 Å². The molecule has 0 radical (unpaired) electrons. The van der Waals surface area contributed by atoms with Crippen molar-refractivity contribution in [3.8, 4) is 5.75 Å². The number of anilines is 1. The van der Waals surface area contributed by atoms with Gasteiger partial charge in [-0.25, -0.2) is 0 Å². The molecule has 2 heterocycles. The smallest absolute Gasteiger partial charge is 0.224 e. The molecular weight excluding hydrogens is 292 g/mol. The zero-order valence-corrected chi connectivity index (χ0v) is 12.9. The number of methoxy groups -OCH3 is 1. The molecule has 0 aliphatic carbocycles. The number of aromatic nitrogens is 3. The number of benzene rings is 1. The van der Waals surface area contributed by atoms with Gasteiger partial charge in [-0.1, -0.05) is 6.07 Å². The Morgan fingerprint density at radius 3 is 2.78 bits per heavy atom. The minimum atomic E-state index is -0.0102. The number of hydrogen-bond acceptors (Lipinski definition) is 4. The first kappa shape index (κ1) is 15.0. The fourth-order valence-corrected chi connectivity index (χ4v) is 2.37. The van der Waals surface area contributed by atoms with Crippen molar-refractivity contribution in [2.45, 2.75) is 19.3 Å². The number of rotatable bonds is 6. The van der Waals surface area contributed by atoms with Gasteiger partial charge >= 0.3 is 0 Å². The lowest BCUT2D eigenvalue weighted by Gasteiger charge is -2.06. The van der Waals surface area contributed by atoms with Crippen molar-refractivity contribution in [3.63, 3.8) is 0 Å². The van der Waals surface area contributed by atoms with Gasteiger partial charge in [0.2, 0.25) is 5.91 Å². The van der Waals surface area contributed by atoms with Crippen LogP contribution < -0.4 is 10.1 Å². The molecule has 2 aromatic heterocycles. The number of hydrogen-bond donors (Lipinski definition) is 1. The lowest BCUT2D eigenvalue weighted by Crippen LogP contribution is -2.11. The first-order valence-corrected chi connectivity index (χ1v) is 7.49. The van der Waals surface area contributed by atoms with Crippen LogP contribution in [0.4, 0.5) is 5.69 Å². The summed E-state index contributed by atoms with van der Waals surface area (Å²) >= 11 is 0. The van der Waals surface area contributed by atoms with Crippen LogP contribution in [0.1, 0.15) is 18.7 Å². The van der Waals surface area contributed by atoms with Crippen molar-refractivity contribution in [2.75, 3.05) is 12.4 Å². The molecule has 0 spiro atoms. The average molecular weight is 310 g/mol. The normalized spacial score (nSPS) is 10.7. The predicted octanol–water partition coefficient (Wildman–Crippen LogP) is 2.70. The monoisotopic (exact) mass is 310 g/mol. The van der Waals surface area contributed by atoms with Crippen LogP contribution in [0.25, 0.3) is 5.65 Å². The lowest BCUT2D eigenvalue weighted by atomic mass is 10.2. The maximum atomic E-state index is 12.0. The third-order valence-corrected chi connectivity index (χ3v) is 3.56. The van der Waals surface area contributed by atoms with Gasteiger partial charge in [-0.3, -0.25) is 9.20 Å².